The van der Waals surface area contributed by atoms with Gasteiger partial charge in [-0.05, 0) is 57.3 Å². The number of rotatable bonds is 0. The van der Waals surface area contributed by atoms with Crippen LogP contribution in [0.25, 0.3) is 0 Å². The highest BCUT2D eigenvalue weighted by molar-refractivity contribution is 5.81. The quantitative estimate of drug-likeness (QED) is 0.461. The van der Waals surface area contributed by atoms with Crippen LogP contribution in [0.3, 0.4) is 0 Å². The lowest BCUT2D eigenvalue weighted by molar-refractivity contribution is -0.146. The predicted octanol–water partition coefficient (Wildman–Crippen LogP) is 4.68. The summed E-state index contributed by atoms with van der Waals surface area (Å²) >= 11 is 0. The summed E-state index contributed by atoms with van der Waals surface area (Å²) in [4.78, 5) is 12.7. The lowest BCUT2D eigenvalue weighted by Crippen LogP contribution is -2.38. The van der Waals surface area contributed by atoms with E-state index in [-0.39, 0.29) is 24.1 Å². The van der Waals surface area contributed by atoms with Crippen molar-refractivity contribution in [2.75, 3.05) is 13.1 Å². The van der Waals surface area contributed by atoms with Gasteiger partial charge < -0.3 is 9.47 Å². The number of allylic oxidation sites excluding steroid dienone is 3. The molecule has 0 amide bonds. The fourth-order valence-electron chi connectivity index (χ4n) is 4.70. The average Bonchev–Trinajstić information content (AvgIpc) is 3.28. The Balaban J connectivity index is 1.64. The van der Waals surface area contributed by atoms with Crippen molar-refractivity contribution >= 4 is 5.97 Å². The number of nitrogens with zero attached hydrogens (tertiary/aromatic N) is 2. The van der Waals surface area contributed by atoms with Gasteiger partial charge in [0, 0.05) is 12.3 Å². The van der Waals surface area contributed by atoms with E-state index in [1.807, 2.05) is 0 Å². The van der Waals surface area contributed by atoms with Crippen LogP contribution in [0.4, 0.5) is 0 Å². The van der Waals surface area contributed by atoms with Gasteiger partial charge >= 0.3 is 5.97 Å². The van der Waals surface area contributed by atoms with Gasteiger partial charge in [-0.15, -0.1) is 0 Å². The number of esters is 1. The summed E-state index contributed by atoms with van der Waals surface area (Å²) in [6, 6.07) is 0. The zero-order chi connectivity index (χ0) is 19.0. The van der Waals surface area contributed by atoms with Gasteiger partial charge in [-0.1, -0.05) is 23.8 Å². The Morgan fingerprint density at radius 3 is 2.67 bits per heavy atom. The summed E-state index contributed by atoms with van der Waals surface area (Å²) in [6.45, 7) is 9.24. The molecule has 2 bridgehead atoms. The van der Waals surface area contributed by atoms with Gasteiger partial charge in [0.15, 0.2) is 0 Å². The highest BCUT2D eigenvalue weighted by Gasteiger charge is 2.58. The van der Waals surface area contributed by atoms with Crippen molar-refractivity contribution in [3.05, 3.63) is 47.3 Å². The van der Waals surface area contributed by atoms with Crippen molar-refractivity contribution in [2.45, 2.75) is 58.2 Å². The molecule has 1 saturated heterocycles. The standard InChI is InChI=1S/C22H28N2O3/c1-14-5-4-6-17-11-18(26-16(17)3)9-15(2)10-20-19(8-7-14)22(21(25)27-20)12-23-24-13-22/h5,10-11,18-20H,3-4,6-9,12-13H2,1-2H3/b14-5+,15-10+/t18?,19-,20-/m0/s1. The summed E-state index contributed by atoms with van der Waals surface area (Å²) in [5.74, 6) is 0.781. The molecule has 0 aromatic rings. The van der Waals surface area contributed by atoms with Gasteiger partial charge in [-0.25, -0.2) is 0 Å². The van der Waals surface area contributed by atoms with E-state index in [2.05, 4.69) is 48.9 Å². The molecule has 0 aromatic heterocycles. The third-order valence-corrected chi connectivity index (χ3v) is 6.33. The molecule has 0 N–H and O–H groups in total. The molecule has 27 heavy (non-hydrogen) atoms. The van der Waals surface area contributed by atoms with Crippen LogP contribution in [0.5, 0.6) is 0 Å². The van der Waals surface area contributed by atoms with Crippen LogP contribution in [0, 0.1) is 11.3 Å². The first-order chi connectivity index (χ1) is 13.0. The monoisotopic (exact) mass is 368 g/mol. The van der Waals surface area contributed by atoms with E-state index < -0.39 is 5.41 Å². The van der Waals surface area contributed by atoms with E-state index in [1.165, 1.54) is 16.7 Å². The Morgan fingerprint density at radius 2 is 1.89 bits per heavy atom. The van der Waals surface area contributed by atoms with Crippen LogP contribution >= 0.6 is 0 Å². The number of hydrogen-bond acceptors (Lipinski definition) is 5. The van der Waals surface area contributed by atoms with Crippen LogP contribution in [0.2, 0.25) is 0 Å². The second-order valence-corrected chi connectivity index (χ2v) is 8.35. The molecule has 3 atom stereocenters. The van der Waals surface area contributed by atoms with Crippen LogP contribution in [0.1, 0.15) is 46.0 Å². The number of ether oxygens (including phenoxy) is 2. The third kappa shape index (κ3) is 3.40. The van der Waals surface area contributed by atoms with Crippen LogP contribution in [-0.2, 0) is 14.3 Å². The summed E-state index contributed by atoms with van der Waals surface area (Å²) in [5, 5.41) is 8.29. The molecule has 1 fully saturated rings. The van der Waals surface area contributed by atoms with Gasteiger partial charge in [-0.2, -0.15) is 10.2 Å². The van der Waals surface area contributed by atoms with Gasteiger partial charge in [0.2, 0.25) is 0 Å². The minimum absolute atomic E-state index is 0.0257. The Hall–Kier alpha value is -2.17. The molecule has 0 saturated carbocycles. The fraction of sp³-hybridized carbons (Fsp3) is 0.591. The Kier molecular flexibility index (Phi) is 4.79. The maximum absolute atomic E-state index is 12.7. The van der Waals surface area contributed by atoms with Crippen molar-refractivity contribution < 1.29 is 14.3 Å². The SMILES string of the molecule is C=C1OC2C=C1CC/C=C(\C)CC[C@H]1[C@H](/C=C(\C)C2)OC(=O)C12CN=NC2. The maximum atomic E-state index is 12.7. The van der Waals surface area contributed by atoms with Crippen LogP contribution in [-0.4, -0.2) is 31.3 Å². The molecule has 3 heterocycles. The highest BCUT2D eigenvalue weighted by Crippen LogP contribution is 2.47. The molecule has 1 spiro atoms. The van der Waals surface area contributed by atoms with Crippen molar-refractivity contribution in [3.8, 4) is 0 Å². The van der Waals surface area contributed by atoms with Crippen LogP contribution < -0.4 is 0 Å². The summed E-state index contributed by atoms with van der Waals surface area (Å²) < 4.78 is 11.8. The van der Waals surface area contributed by atoms with Gasteiger partial charge in [0.05, 0.1) is 13.1 Å². The molecule has 144 valence electrons. The first-order valence-corrected chi connectivity index (χ1v) is 9.92. The van der Waals surface area contributed by atoms with Gasteiger partial charge in [0.1, 0.15) is 23.4 Å². The Morgan fingerprint density at radius 1 is 1.11 bits per heavy atom. The lowest BCUT2D eigenvalue weighted by atomic mass is 9.72. The Bertz CT molecular complexity index is 766. The molecular weight excluding hydrogens is 340 g/mol. The van der Waals surface area contributed by atoms with Gasteiger partial charge in [0.25, 0.3) is 0 Å². The molecule has 1 aliphatic carbocycles. The van der Waals surface area contributed by atoms with Crippen molar-refractivity contribution in [1.29, 1.82) is 0 Å². The smallest absolute Gasteiger partial charge is 0.317 e. The second kappa shape index (κ2) is 7.10. The van der Waals surface area contributed by atoms with E-state index in [4.69, 9.17) is 9.47 Å². The zero-order valence-corrected chi connectivity index (χ0v) is 16.2. The second-order valence-electron chi connectivity index (χ2n) is 8.35. The Labute approximate surface area is 160 Å². The molecular formula is C22H28N2O3. The van der Waals surface area contributed by atoms with E-state index in [0.717, 1.165) is 37.9 Å². The number of fused-ring (bicyclic) bond motifs is 3. The topological polar surface area (TPSA) is 60.2 Å². The maximum Gasteiger partial charge on any atom is 0.317 e. The van der Waals surface area contributed by atoms with Crippen molar-refractivity contribution in [2.24, 2.45) is 21.6 Å². The minimum atomic E-state index is -0.565. The van der Waals surface area contributed by atoms with Crippen molar-refractivity contribution in [1.82, 2.24) is 0 Å². The molecule has 0 radical (unpaired) electrons. The molecule has 4 rings (SSSR count). The largest absolute Gasteiger partial charge is 0.486 e. The van der Waals surface area contributed by atoms with E-state index >= 15 is 0 Å². The van der Waals surface area contributed by atoms with E-state index in [1.54, 1.807) is 0 Å². The van der Waals surface area contributed by atoms with Crippen molar-refractivity contribution in [3.63, 3.8) is 0 Å². The summed E-state index contributed by atoms with van der Waals surface area (Å²) in [7, 11) is 0. The zero-order valence-electron chi connectivity index (χ0n) is 16.2. The van der Waals surface area contributed by atoms with E-state index in [0.29, 0.717) is 13.1 Å². The molecule has 5 nitrogen and oxygen atoms in total. The normalized spacial score (nSPS) is 36.8. The molecule has 3 aliphatic heterocycles. The molecule has 0 aromatic carbocycles. The van der Waals surface area contributed by atoms with Gasteiger partial charge in [-0.3, -0.25) is 4.79 Å². The first kappa shape index (κ1) is 18.2. The fourth-order valence-corrected chi connectivity index (χ4v) is 4.70. The van der Waals surface area contributed by atoms with Crippen LogP contribution in [0.15, 0.2) is 57.5 Å². The number of hydrogen-bond donors (Lipinski definition) is 0. The van der Waals surface area contributed by atoms with E-state index in [9.17, 15) is 4.79 Å². The first-order valence-electron chi connectivity index (χ1n) is 9.92. The lowest BCUT2D eigenvalue weighted by Gasteiger charge is -2.26. The number of carbonyl (C=O) groups is 1. The molecule has 5 heteroatoms. The number of carbonyl (C=O) groups excluding carboxylic acids is 1. The molecule has 1 unspecified atom stereocenters. The predicted molar refractivity (Wildman–Crippen MR) is 103 cm³/mol. The summed E-state index contributed by atoms with van der Waals surface area (Å²) in [5.41, 5.74) is 3.19. The highest BCUT2D eigenvalue weighted by atomic mass is 16.6. The third-order valence-electron chi connectivity index (χ3n) is 6.33. The number of azo groups is 1. The average molecular weight is 368 g/mol. The summed E-state index contributed by atoms with van der Waals surface area (Å²) in [6.07, 6.45) is 11.1. The molecule has 4 aliphatic rings. The minimum Gasteiger partial charge on any atom is -0.486 e.